The largest absolute Gasteiger partial charge is 0.423 e. The molecule has 0 aliphatic carbocycles. The van der Waals surface area contributed by atoms with Gasteiger partial charge in [-0.15, -0.1) is 21.5 Å². The zero-order valence-corrected chi connectivity index (χ0v) is 11.3. The van der Waals surface area contributed by atoms with Gasteiger partial charge in [-0.05, 0) is 42.1 Å². The van der Waals surface area contributed by atoms with Crippen molar-refractivity contribution in [2.45, 2.75) is 13.5 Å². The SMILES string of the molecule is Cc1ccsc1CNc1cccc(-c2nnco2)c1. The fraction of sp³-hybridized carbons (Fsp3) is 0.143. The minimum atomic E-state index is 0.538. The van der Waals surface area contributed by atoms with E-state index in [0.29, 0.717) is 5.89 Å². The summed E-state index contributed by atoms with van der Waals surface area (Å²) in [5, 5.41) is 13.1. The standard InChI is InChI=1S/C14H13N3OS/c1-10-5-6-19-13(10)8-15-12-4-2-3-11(7-12)14-17-16-9-18-14/h2-7,9,15H,8H2,1H3. The minimum absolute atomic E-state index is 0.538. The minimum Gasteiger partial charge on any atom is -0.423 e. The third-order valence-electron chi connectivity index (χ3n) is 2.89. The molecule has 0 aliphatic heterocycles. The highest BCUT2D eigenvalue weighted by molar-refractivity contribution is 7.10. The molecule has 5 heteroatoms. The van der Waals surface area contributed by atoms with Gasteiger partial charge < -0.3 is 9.73 Å². The van der Waals surface area contributed by atoms with Crippen LogP contribution in [0, 0.1) is 6.92 Å². The highest BCUT2D eigenvalue weighted by atomic mass is 32.1. The maximum absolute atomic E-state index is 5.20. The van der Waals surface area contributed by atoms with E-state index in [1.165, 1.54) is 16.8 Å². The molecule has 19 heavy (non-hydrogen) atoms. The van der Waals surface area contributed by atoms with E-state index in [-0.39, 0.29) is 0 Å². The van der Waals surface area contributed by atoms with Gasteiger partial charge in [-0.3, -0.25) is 0 Å². The van der Waals surface area contributed by atoms with Crippen LogP contribution in [0.15, 0.2) is 46.5 Å². The number of thiophene rings is 1. The van der Waals surface area contributed by atoms with Crippen LogP contribution in [0.2, 0.25) is 0 Å². The second kappa shape index (κ2) is 5.24. The molecule has 2 aromatic heterocycles. The monoisotopic (exact) mass is 271 g/mol. The lowest BCUT2D eigenvalue weighted by Crippen LogP contribution is -1.98. The summed E-state index contributed by atoms with van der Waals surface area (Å²) in [6.45, 7) is 2.96. The van der Waals surface area contributed by atoms with Crippen LogP contribution >= 0.6 is 11.3 Å². The van der Waals surface area contributed by atoms with Gasteiger partial charge >= 0.3 is 0 Å². The molecular weight excluding hydrogens is 258 g/mol. The van der Waals surface area contributed by atoms with E-state index >= 15 is 0 Å². The summed E-state index contributed by atoms with van der Waals surface area (Å²) in [4.78, 5) is 1.35. The molecule has 0 amide bonds. The van der Waals surface area contributed by atoms with E-state index in [4.69, 9.17) is 4.42 Å². The Morgan fingerprint density at radius 2 is 2.26 bits per heavy atom. The molecule has 3 aromatic rings. The number of anilines is 1. The average molecular weight is 271 g/mol. The highest BCUT2D eigenvalue weighted by Crippen LogP contribution is 2.22. The zero-order valence-electron chi connectivity index (χ0n) is 10.5. The smallest absolute Gasteiger partial charge is 0.247 e. The Morgan fingerprint density at radius 1 is 1.32 bits per heavy atom. The first kappa shape index (κ1) is 11.9. The third-order valence-corrected chi connectivity index (χ3v) is 3.91. The van der Waals surface area contributed by atoms with Gasteiger partial charge in [0, 0.05) is 22.7 Å². The molecule has 0 fully saturated rings. The van der Waals surface area contributed by atoms with Crippen LogP contribution in [-0.2, 0) is 6.54 Å². The van der Waals surface area contributed by atoms with Crippen LogP contribution in [0.25, 0.3) is 11.5 Å². The van der Waals surface area contributed by atoms with Crippen molar-refractivity contribution in [3.05, 3.63) is 52.5 Å². The Bertz CT molecular complexity index is 661. The van der Waals surface area contributed by atoms with Gasteiger partial charge in [0.25, 0.3) is 0 Å². The molecule has 0 atom stereocenters. The van der Waals surface area contributed by atoms with Gasteiger partial charge in [0.2, 0.25) is 12.3 Å². The predicted molar refractivity (Wildman–Crippen MR) is 76.1 cm³/mol. The molecule has 0 saturated carbocycles. The number of rotatable bonds is 4. The van der Waals surface area contributed by atoms with Crippen molar-refractivity contribution in [1.29, 1.82) is 0 Å². The molecule has 0 unspecified atom stereocenters. The Hall–Kier alpha value is -2.14. The first-order valence-corrected chi connectivity index (χ1v) is 6.84. The Labute approximate surface area is 115 Å². The number of aromatic nitrogens is 2. The van der Waals surface area contributed by atoms with Gasteiger partial charge in [0.05, 0.1) is 0 Å². The summed E-state index contributed by atoms with van der Waals surface area (Å²) in [6, 6.07) is 10.1. The second-order valence-electron chi connectivity index (χ2n) is 4.21. The predicted octanol–water partition coefficient (Wildman–Crippen LogP) is 3.72. The number of benzene rings is 1. The molecule has 1 N–H and O–H groups in total. The molecule has 2 heterocycles. The Kier molecular flexibility index (Phi) is 3.29. The van der Waals surface area contributed by atoms with Gasteiger partial charge in [-0.1, -0.05) is 6.07 Å². The number of hydrogen-bond acceptors (Lipinski definition) is 5. The lowest BCUT2D eigenvalue weighted by Gasteiger charge is -2.06. The van der Waals surface area contributed by atoms with E-state index < -0.39 is 0 Å². The van der Waals surface area contributed by atoms with Gasteiger partial charge in [-0.25, -0.2) is 0 Å². The molecular formula is C14H13N3OS. The summed E-state index contributed by atoms with van der Waals surface area (Å²) in [6.07, 6.45) is 1.34. The van der Waals surface area contributed by atoms with Crippen molar-refractivity contribution in [1.82, 2.24) is 10.2 Å². The van der Waals surface area contributed by atoms with Crippen LogP contribution in [0.1, 0.15) is 10.4 Å². The Morgan fingerprint density at radius 3 is 3.00 bits per heavy atom. The van der Waals surface area contributed by atoms with Gasteiger partial charge in [0.15, 0.2) is 0 Å². The van der Waals surface area contributed by atoms with Crippen LogP contribution < -0.4 is 5.32 Å². The zero-order chi connectivity index (χ0) is 13.1. The Balaban J connectivity index is 1.75. The fourth-order valence-corrected chi connectivity index (χ4v) is 2.67. The van der Waals surface area contributed by atoms with Gasteiger partial charge in [-0.2, -0.15) is 0 Å². The van der Waals surface area contributed by atoms with Crippen molar-refractivity contribution >= 4 is 17.0 Å². The van der Waals surface area contributed by atoms with E-state index in [1.54, 1.807) is 11.3 Å². The van der Waals surface area contributed by atoms with E-state index in [0.717, 1.165) is 17.8 Å². The van der Waals surface area contributed by atoms with Crippen molar-refractivity contribution in [2.24, 2.45) is 0 Å². The van der Waals surface area contributed by atoms with Gasteiger partial charge in [0.1, 0.15) is 0 Å². The quantitative estimate of drug-likeness (QED) is 0.785. The van der Waals surface area contributed by atoms with Crippen molar-refractivity contribution < 1.29 is 4.42 Å². The molecule has 3 rings (SSSR count). The maximum Gasteiger partial charge on any atom is 0.247 e. The van der Waals surface area contributed by atoms with E-state index in [9.17, 15) is 0 Å². The average Bonchev–Trinajstić information content (AvgIpc) is 3.08. The van der Waals surface area contributed by atoms with Crippen LogP contribution in [-0.4, -0.2) is 10.2 Å². The number of nitrogens with zero attached hydrogens (tertiary/aromatic N) is 2. The lowest BCUT2D eigenvalue weighted by atomic mass is 10.2. The first-order chi connectivity index (χ1) is 9.33. The van der Waals surface area contributed by atoms with Crippen LogP contribution in [0.5, 0.6) is 0 Å². The van der Waals surface area contributed by atoms with Crippen molar-refractivity contribution in [3.63, 3.8) is 0 Å². The summed E-state index contributed by atoms with van der Waals surface area (Å²) < 4.78 is 5.20. The van der Waals surface area contributed by atoms with E-state index in [1.807, 2.05) is 24.3 Å². The summed E-state index contributed by atoms with van der Waals surface area (Å²) in [7, 11) is 0. The first-order valence-electron chi connectivity index (χ1n) is 5.96. The molecule has 1 aromatic carbocycles. The molecule has 0 spiro atoms. The topological polar surface area (TPSA) is 51.0 Å². The molecule has 0 aliphatic rings. The molecule has 96 valence electrons. The third kappa shape index (κ3) is 2.66. The lowest BCUT2D eigenvalue weighted by molar-refractivity contribution is 0.568. The number of nitrogens with one attached hydrogen (secondary N) is 1. The van der Waals surface area contributed by atoms with Crippen molar-refractivity contribution in [2.75, 3.05) is 5.32 Å². The number of aryl methyl sites for hydroxylation is 1. The van der Waals surface area contributed by atoms with E-state index in [2.05, 4.69) is 33.9 Å². The van der Waals surface area contributed by atoms with Crippen LogP contribution in [0.3, 0.4) is 0 Å². The highest BCUT2D eigenvalue weighted by Gasteiger charge is 2.04. The maximum atomic E-state index is 5.20. The summed E-state index contributed by atoms with van der Waals surface area (Å²) in [5.74, 6) is 0.538. The molecule has 0 saturated heterocycles. The number of hydrogen-bond donors (Lipinski definition) is 1. The molecule has 4 nitrogen and oxygen atoms in total. The summed E-state index contributed by atoms with van der Waals surface area (Å²) >= 11 is 1.77. The molecule has 0 radical (unpaired) electrons. The summed E-state index contributed by atoms with van der Waals surface area (Å²) in [5.41, 5.74) is 3.29. The second-order valence-corrected chi connectivity index (χ2v) is 5.21. The van der Waals surface area contributed by atoms with Crippen LogP contribution in [0.4, 0.5) is 5.69 Å². The molecule has 0 bridgehead atoms. The normalized spacial score (nSPS) is 10.6. The van der Waals surface area contributed by atoms with Crippen molar-refractivity contribution in [3.8, 4) is 11.5 Å². The fourth-order valence-electron chi connectivity index (χ4n) is 1.83.